The molecular formula is C36H39B2NO5. The van der Waals surface area contributed by atoms with Gasteiger partial charge in [-0.15, -0.1) is 0 Å². The van der Waals surface area contributed by atoms with Gasteiger partial charge in [0.25, 0.3) is 0 Å². The third kappa shape index (κ3) is 4.76. The SMILES string of the molecule is CC1(C)OB(c2ccc(N(c3ccc(B4OC(C)(C)C(C)(C)O4)cc3)c3ccc4oc5ccccc5c4c3)cc2)OC1(C)C. The lowest BCUT2D eigenvalue weighted by Gasteiger charge is -2.32. The van der Waals surface area contributed by atoms with Gasteiger partial charge in [0.2, 0.25) is 0 Å². The first-order valence-electron chi connectivity index (χ1n) is 15.4. The number of nitrogens with zero attached hydrogens (tertiary/aromatic N) is 1. The Morgan fingerprint density at radius 2 is 0.864 bits per heavy atom. The normalized spacial score (nSPS) is 20.1. The van der Waals surface area contributed by atoms with Crippen LogP contribution in [0.2, 0.25) is 0 Å². The number of fused-ring (bicyclic) bond motifs is 3. The van der Waals surface area contributed by atoms with Crippen molar-refractivity contribution < 1.29 is 23.0 Å². The van der Waals surface area contributed by atoms with Crippen LogP contribution in [0, 0.1) is 0 Å². The van der Waals surface area contributed by atoms with Gasteiger partial charge in [-0.1, -0.05) is 42.5 Å². The number of hydrogen-bond donors (Lipinski definition) is 0. The molecule has 2 aliphatic rings. The molecule has 8 heteroatoms. The monoisotopic (exact) mass is 587 g/mol. The van der Waals surface area contributed by atoms with Crippen molar-refractivity contribution >= 4 is 64.2 Å². The van der Waals surface area contributed by atoms with E-state index in [0.717, 1.165) is 49.9 Å². The van der Waals surface area contributed by atoms with Crippen LogP contribution < -0.4 is 15.8 Å². The zero-order valence-corrected chi connectivity index (χ0v) is 26.8. The number of hydrogen-bond acceptors (Lipinski definition) is 6. The van der Waals surface area contributed by atoms with Gasteiger partial charge in [-0.05, 0) is 115 Å². The zero-order valence-electron chi connectivity index (χ0n) is 26.8. The zero-order chi connectivity index (χ0) is 31.1. The van der Waals surface area contributed by atoms with Gasteiger partial charge in [-0.25, -0.2) is 0 Å². The fourth-order valence-corrected chi connectivity index (χ4v) is 5.82. The lowest BCUT2D eigenvalue weighted by Crippen LogP contribution is -2.41. The van der Waals surface area contributed by atoms with E-state index in [1.165, 1.54) is 0 Å². The van der Waals surface area contributed by atoms with Gasteiger partial charge in [0, 0.05) is 27.8 Å². The summed E-state index contributed by atoms with van der Waals surface area (Å²) in [5.41, 5.74) is 5.17. The van der Waals surface area contributed by atoms with Gasteiger partial charge in [0.15, 0.2) is 0 Å². The van der Waals surface area contributed by atoms with Crippen LogP contribution in [-0.2, 0) is 18.6 Å². The molecule has 0 bridgehead atoms. The molecule has 3 heterocycles. The molecule has 0 unspecified atom stereocenters. The molecule has 224 valence electrons. The third-order valence-electron chi connectivity index (χ3n) is 9.97. The molecule has 0 saturated carbocycles. The molecule has 6 nitrogen and oxygen atoms in total. The van der Waals surface area contributed by atoms with Crippen molar-refractivity contribution in [3.8, 4) is 0 Å². The largest absolute Gasteiger partial charge is 0.494 e. The topological polar surface area (TPSA) is 53.3 Å². The molecule has 0 aliphatic carbocycles. The molecule has 44 heavy (non-hydrogen) atoms. The average Bonchev–Trinajstić information content (AvgIpc) is 3.53. The van der Waals surface area contributed by atoms with Crippen LogP contribution in [0.1, 0.15) is 55.4 Å². The van der Waals surface area contributed by atoms with Crippen molar-refractivity contribution in [3.05, 3.63) is 91.0 Å². The highest BCUT2D eigenvalue weighted by atomic mass is 16.7. The second-order valence-electron chi connectivity index (χ2n) is 14.0. The Morgan fingerprint density at radius 3 is 1.34 bits per heavy atom. The van der Waals surface area contributed by atoms with E-state index in [1.54, 1.807) is 0 Å². The van der Waals surface area contributed by atoms with Gasteiger partial charge >= 0.3 is 14.2 Å². The smallest absolute Gasteiger partial charge is 0.456 e. The maximum Gasteiger partial charge on any atom is 0.494 e. The minimum atomic E-state index is -0.421. The molecule has 1 aromatic heterocycles. The number of para-hydroxylation sites is 1. The summed E-state index contributed by atoms with van der Waals surface area (Å²) in [4.78, 5) is 2.25. The molecule has 4 aromatic carbocycles. The van der Waals surface area contributed by atoms with Gasteiger partial charge in [0.05, 0.1) is 22.4 Å². The van der Waals surface area contributed by atoms with Crippen LogP contribution in [0.25, 0.3) is 21.9 Å². The summed E-state index contributed by atoms with van der Waals surface area (Å²) in [6, 6.07) is 31.4. The van der Waals surface area contributed by atoms with Gasteiger partial charge < -0.3 is 27.9 Å². The van der Waals surface area contributed by atoms with E-state index in [1.807, 2.05) is 18.2 Å². The third-order valence-corrected chi connectivity index (χ3v) is 9.97. The Hall–Kier alpha value is -3.55. The van der Waals surface area contributed by atoms with E-state index in [-0.39, 0.29) is 0 Å². The highest BCUT2D eigenvalue weighted by molar-refractivity contribution is 6.62. The Balaban J connectivity index is 1.27. The summed E-state index contributed by atoms with van der Waals surface area (Å²) in [5.74, 6) is 0. The summed E-state index contributed by atoms with van der Waals surface area (Å²) >= 11 is 0. The minimum absolute atomic E-state index is 0.399. The van der Waals surface area contributed by atoms with Crippen LogP contribution in [0.15, 0.2) is 95.4 Å². The van der Waals surface area contributed by atoms with Crippen molar-refractivity contribution in [2.45, 2.75) is 77.8 Å². The second-order valence-corrected chi connectivity index (χ2v) is 14.0. The Labute approximate surface area is 260 Å². The predicted octanol–water partition coefficient (Wildman–Crippen LogP) is 7.65. The fourth-order valence-electron chi connectivity index (χ4n) is 5.82. The molecule has 2 saturated heterocycles. The number of furan rings is 1. The van der Waals surface area contributed by atoms with E-state index >= 15 is 0 Å². The first-order chi connectivity index (χ1) is 20.7. The summed E-state index contributed by atoms with van der Waals surface area (Å²) < 4.78 is 31.4. The standard InChI is InChI=1S/C36H39B2NO5/c1-33(2)34(3,4)42-37(41-33)24-13-17-26(18-14-24)39(28-21-22-32-30(23-28)29-11-9-10-12-31(29)40-32)27-19-15-25(16-20-27)38-43-35(5,6)36(7,8)44-38/h9-23H,1-8H3. The molecule has 0 N–H and O–H groups in total. The van der Waals surface area contributed by atoms with Crippen molar-refractivity contribution in [1.29, 1.82) is 0 Å². The minimum Gasteiger partial charge on any atom is -0.456 e. The maximum absolute atomic E-state index is 6.32. The summed E-state index contributed by atoms with van der Waals surface area (Å²) in [7, 11) is -0.842. The Bertz CT molecular complexity index is 1730. The van der Waals surface area contributed by atoms with Crippen LogP contribution >= 0.6 is 0 Å². The highest BCUT2D eigenvalue weighted by Crippen LogP contribution is 2.40. The predicted molar refractivity (Wildman–Crippen MR) is 180 cm³/mol. The van der Waals surface area contributed by atoms with E-state index in [2.05, 4.69) is 133 Å². The Kier molecular flexibility index (Phi) is 6.62. The van der Waals surface area contributed by atoms with Crippen LogP contribution in [0.4, 0.5) is 17.1 Å². The summed E-state index contributed by atoms with van der Waals surface area (Å²) in [6.07, 6.45) is 0. The molecule has 0 amide bonds. The molecule has 0 radical (unpaired) electrons. The van der Waals surface area contributed by atoms with Crippen molar-refractivity contribution in [3.63, 3.8) is 0 Å². The molecule has 0 spiro atoms. The second kappa shape index (κ2) is 9.98. The van der Waals surface area contributed by atoms with E-state index in [4.69, 9.17) is 23.0 Å². The molecule has 2 aliphatic heterocycles. The molecule has 7 rings (SSSR count). The number of rotatable bonds is 5. The first-order valence-corrected chi connectivity index (χ1v) is 15.4. The van der Waals surface area contributed by atoms with E-state index in [9.17, 15) is 0 Å². The van der Waals surface area contributed by atoms with Gasteiger partial charge in [-0.2, -0.15) is 0 Å². The van der Waals surface area contributed by atoms with Crippen molar-refractivity contribution in [2.24, 2.45) is 0 Å². The van der Waals surface area contributed by atoms with Crippen LogP contribution in [0.3, 0.4) is 0 Å². The first kappa shape index (κ1) is 29.2. The van der Waals surface area contributed by atoms with Crippen molar-refractivity contribution in [1.82, 2.24) is 0 Å². The lowest BCUT2D eigenvalue weighted by molar-refractivity contribution is 0.00578. The van der Waals surface area contributed by atoms with Gasteiger partial charge in [-0.3, -0.25) is 0 Å². The average molecular weight is 587 g/mol. The van der Waals surface area contributed by atoms with E-state index < -0.39 is 36.6 Å². The maximum atomic E-state index is 6.32. The van der Waals surface area contributed by atoms with Gasteiger partial charge in [0.1, 0.15) is 11.2 Å². The quantitative estimate of drug-likeness (QED) is 0.197. The fraction of sp³-hybridized carbons (Fsp3) is 0.333. The van der Waals surface area contributed by atoms with Crippen LogP contribution in [0.5, 0.6) is 0 Å². The highest BCUT2D eigenvalue weighted by Gasteiger charge is 2.52. The van der Waals surface area contributed by atoms with Crippen LogP contribution in [-0.4, -0.2) is 36.6 Å². The molecule has 5 aromatic rings. The van der Waals surface area contributed by atoms with Crippen molar-refractivity contribution in [2.75, 3.05) is 4.90 Å². The summed E-state index contributed by atoms with van der Waals surface area (Å²) in [5, 5.41) is 2.17. The molecule has 0 atom stereocenters. The summed E-state index contributed by atoms with van der Waals surface area (Å²) in [6.45, 7) is 16.6. The number of benzene rings is 4. The lowest BCUT2D eigenvalue weighted by atomic mass is 9.79. The Morgan fingerprint density at radius 1 is 0.455 bits per heavy atom. The van der Waals surface area contributed by atoms with E-state index in [0.29, 0.717) is 0 Å². The molecule has 2 fully saturated rings. The number of anilines is 3. The molecular weight excluding hydrogens is 548 g/mol.